The lowest BCUT2D eigenvalue weighted by Gasteiger charge is -2.30. The third-order valence-corrected chi connectivity index (χ3v) is 4.02. The molecule has 1 rings (SSSR count). The van der Waals surface area contributed by atoms with Crippen molar-refractivity contribution in [3.8, 4) is 0 Å². The molecule has 1 amide bonds. The summed E-state index contributed by atoms with van der Waals surface area (Å²) in [6, 6.07) is 0. The number of hydrogen-bond acceptors (Lipinski definition) is 3. The van der Waals surface area contributed by atoms with Gasteiger partial charge in [-0.2, -0.15) is 11.8 Å². The molecule has 0 bridgehead atoms. The van der Waals surface area contributed by atoms with Crippen molar-refractivity contribution < 1.29 is 14.7 Å². The third-order valence-electron chi connectivity index (χ3n) is 2.99. The summed E-state index contributed by atoms with van der Waals surface area (Å²) in [4.78, 5) is 24.4. The van der Waals surface area contributed by atoms with Crippen LogP contribution in [0, 0.1) is 5.92 Å². The second-order valence-corrected chi connectivity index (χ2v) is 5.53. The first-order chi connectivity index (χ1) is 8.15. The molecule has 17 heavy (non-hydrogen) atoms. The number of carbonyl (C=O) groups excluding carboxylic acids is 1. The molecule has 1 aliphatic heterocycles. The van der Waals surface area contributed by atoms with Crippen LogP contribution in [0.2, 0.25) is 0 Å². The van der Waals surface area contributed by atoms with Crippen molar-refractivity contribution in [3.05, 3.63) is 0 Å². The summed E-state index contributed by atoms with van der Waals surface area (Å²) in [7, 11) is 0. The number of rotatable bonds is 6. The van der Waals surface area contributed by atoms with Gasteiger partial charge in [0.15, 0.2) is 0 Å². The fourth-order valence-electron chi connectivity index (χ4n) is 1.90. The Morgan fingerprint density at radius 2 is 2.24 bits per heavy atom. The van der Waals surface area contributed by atoms with E-state index in [0.29, 0.717) is 18.7 Å². The number of carbonyl (C=O) groups is 2. The molecule has 0 aliphatic carbocycles. The molecule has 0 radical (unpaired) electrons. The Morgan fingerprint density at radius 1 is 1.47 bits per heavy atom. The zero-order valence-corrected chi connectivity index (χ0v) is 11.2. The highest BCUT2D eigenvalue weighted by molar-refractivity contribution is 7.99. The van der Waals surface area contributed by atoms with Gasteiger partial charge in [0.1, 0.15) is 0 Å². The molecule has 0 aromatic rings. The molecular formula is C12H21NO3S. The number of carboxylic acids is 1. The van der Waals surface area contributed by atoms with E-state index >= 15 is 0 Å². The number of hydrogen-bond donors (Lipinski definition) is 1. The third kappa shape index (κ3) is 4.98. The lowest BCUT2D eigenvalue weighted by molar-refractivity contribution is -0.145. The van der Waals surface area contributed by atoms with E-state index < -0.39 is 5.97 Å². The molecule has 0 aromatic heterocycles. The van der Waals surface area contributed by atoms with Gasteiger partial charge in [0, 0.05) is 13.1 Å². The van der Waals surface area contributed by atoms with E-state index in [0.717, 1.165) is 31.6 Å². The summed E-state index contributed by atoms with van der Waals surface area (Å²) in [5.74, 6) is 0.455. The maximum Gasteiger partial charge on any atom is 0.308 e. The van der Waals surface area contributed by atoms with Gasteiger partial charge < -0.3 is 10.0 Å². The van der Waals surface area contributed by atoms with Crippen molar-refractivity contribution in [2.75, 3.05) is 24.6 Å². The molecule has 98 valence electrons. The van der Waals surface area contributed by atoms with Crippen LogP contribution < -0.4 is 0 Å². The summed E-state index contributed by atoms with van der Waals surface area (Å²) >= 11 is 1.65. The van der Waals surface area contributed by atoms with E-state index in [1.54, 1.807) is 16.7 Å². The SMILES string of the molecule is CCCCSCC(=O)N1CCC[C@H](C(=O)O)C1. The molecule has 5 heteroatoms. The summed E-state index contributed by atoms with van der Waals surface area (Å²) < 4.78 is 0. The predicted molar refractivity (Wildman–Crippen MR) is 69.2 cm³/mol. The van der Waals surface area contributed by atoms with Crippen LogP contribution in [0.15, 0.2) is 0 Å². The van der Waals surface area contributed by atoms with E-state index in [-0.39, 0.29) is 11.8 Å². The van der Waals surface area contributed by atoms with Crippen LogP contribution in [0.4, 0.5) is 0 Å². The van der Waals surface area contributed by atoms with Crippen molar-refractivity contribution in [1.29, 1.82) is 0 Å². The fourth-order valence-corrected chi connectivity index (χ4v) is 2.90. The van der Waals surface area contributed by atoms with E-state index in [4.69, 9.17) is 5.11 Å². The number of piperidine rings is 1. The number of amides is 1. The summed E-state index contributed by atoms with van der Waals surface area (Å²) in [6.07, 6.45) is 3.78. The standard InChI is InChI=1S/C12H21NO3S/c1-2-3-7-17-9-11(14)13-6-4-5-10(8-13)12(15)16/h10H,2-9H2,1H3,(H,15,16)/t10-/m0/s1. The smallest absolute Gasteiger partial charge is 0.308 e. The lowest BCUT2D eigenvalue weighted by atomic mass is 9.98. The molecule has 1 N–H and O–H groups in total. The number of carboxylic acid groups (broad SMARTS) is 1. The maximum atomic E-state index is 11.8. The van der Waals surface area contributed by atoms with Gasteiger partial charge in [-0.15, -0.1) is 0 Å². The van der Waals surface area contributed by atoms with Crippen LogP contribution in [0.5, 0.6) is 0 Å². The normalized spacial score (nSPS) is 20.3. The van der Waals surface area contributed by atoms with E-state index in [9.17, 15) is 9.59 Å². The molecule has 1 aliphatic rings. The Labute approximate surface area is 107 Å². The zero-order valence-electron chi connectivity index (χ0n) is 10.4. The van der Waals surface area contributed by atoms with Gasteiger partial charge in [0.05, 0.1) is 11.7 Å². The Kier molecular flexibility index (Phi) is 6.40. The Morgan fingerprint density at radius 3 is 2.88 bits per heavy atom. The molecule has 1 atom stereocenters. The largest absolute Gasteiger partial charge is 0.481 e. The molecular weight excluding hydrogens is 238 g/mol. The van der Waals surface area contributed by atoms with Gasteiger partial charge in [-0.05, 0) is 25.0 Å². The quantitative estimate of drug-likeness (QED) is 0.740. The number of likely N-dealkylation sites (tertiary alicyclic amines) is 1. The van der Waals surface area contributed by atoms with E-state index in [1.165, 1.54) is 0 Å². The van der Waals surface area contributed by atoms with Crippen LogP contribution in [0.25, 0.3) is 0 Å². The fraction of sp³-hybridized carbons (Fsp3) is 0.833. The molecule has 1 saturated heterocycles. The van der Waals surface area contributed by atoms with Gasteiger partial charge in [0.25, 0.3) is 0 Å². The topological polar surface area (TPSA) is 57.6 Å². The van der Waals surface area contributed by atoms with Crippen molar-refractivity contribution in [3.63, 3.8) is 0 Å². The molecule has 4 nitrogen and oxygen atoms in total. The highest BCUT2D eigenvalue weighted by Crippen LogP contribution is 2.17. The second kappa shape index (κ2) is 7.58. The Hall–Kier alpha value is -0.710. The Balaban J connectivity index is 2.28. The minimum atomic E-state index is -0.777. The van der Waals surface area contributed by atoms with Crippen LogP contribution in [0.1, 0.15) is 32.6 Å². The number of thioether (sulfide) groups is 1. The second-order valence-electron chi connectivity index (χ2n) is 4.42. The first-order valence-corrected chi connectivity index (χ1v) is 7.39. The minimum absolute atomic E-state index is 0.0945. The number of nitrogens with zero attached hydrogens (tertiary/aromatic N) is 1. The highest BCUT2D eigenvalue weighted by Gasteiger charge is 2.27. The average molecular weight is 259 g/mol. The molecule has 0 spiro atoms. The summed E-state index contributed by atoms with van der Waals surface area (Å²) in [6.45, 7) is 3.24. The van der Waals surface area contributed by atoms with E-state index in [1.807, 2.05) is 0 Å². The van der Waals surface area contributed by atoms with Gasteiger partial charge in [0.2, 0.25) is 5.91 Å². The molecule has 0 unspecified atom stereocenters. The average Bonchev–Trinajstić information content (AvgIpc) is 2.34. The lowest BCUT2D eigenvalue weighted by Crippen LogP contribution is -2.43. The van der Waals surface area contributed by atoms with Crippen LogP contribution in [0.3, 0.4) is 0 Å². The van der Waals surface area contributed by atoms with Crippen LogP contribution in [-0.4, -0.2) is 46.5 Å². The molecule has 0 aromatic carbocycles. The minimum Gasteiger partial charge on any atom is -0.481 e. The monoisotopic (exact) mass is 259 g/mol. The molecule has 1 fully saturated rings. The van der Waals surface area contributed by atoms with Gasteiger partial charge in [-0.3, -0.25) is 9.59 Å². The van der Waals surface area contributed by atoms with Gasteiger partial charge >= 0.3 is 5.97 Å². The Bertz CT molecular complexity index is 270. The van der Waals surface area contributed by atoms with Gasteiger partial charge in [-0.1, -0.05) is 13.3 Å². The van der Waals surface area contributed by atoms with E-state index in [2.05, 4.69) is 6.92 Å². The number of aliphatic carboxylic acids is 1. The zero-order chi connectivity index (χ0) is 12.7. The molecule has 0 saturated carbocycles. The first kappa shape index (κ1) is 14.4. The summed E-state index contributed by atoms with van der Waals surface area (Å²) in [5.41, 5.74) is 0. The van der Waals surface area contributed by atoms with Crippen molar-refractivity contribution in [1.82, 2.24) is 4.90 Å². The van der Waals surface area contributed by atoms with Crippen LogP contribution >= 0.6 is 11.8 Å². The van der Waals surface area contributed by atoms with Crippen molar-refractivity contribution in [2.24, 2.45) is 5.92 Å². The van der Waals surface area contributed by atoms with Crippen LogP contribution in [-0.2, 0) is 9.59 Å². The van der Waals surface area contributed by atoms with Crippen molar-refractivity contribution >= 4 is 23.6 Å². The predicted octanol–water partition coefficient (Wildman–Crippen LogP) is 1.84. The summed E-state index contributed by atoms with van der Waals surface area (Å²) in [5, 5.41) is 8.94. The van der Waals surface area contributed by atoms with Crippen molar-refractivity contribution in [2.45, 2.75) is 32.6 Å². The maximum absolute atomic E-state index is 11.8. The molecule has 1 heterocycles. The highest BCUT2D eigenvalue weighted by atomic mass is 32.2. The number of unbranched alkanes of at least 4 members (excludes halogenated alkanes) is 1. The first-order valence-electron chi connectivity index (χ1n) is 6.23. The van der Waals surface area contributed by atoms with Gasteiger partial charge in [-0.25, -0.2) is 0 Å².